The first kappa shape index (κ1) is 40.5. The zero-order chi connectivity index (χ0) is 42.9. The number of amides is 2. The predicted molar refractivity (Wildman–Crippen MR) is 234 cm³/mol. The van der Waals surface area contributed by atoms with Crippen LogP contribution in [0.3, 0.4) is 0 Å². The van der Waals surface area contributed by atoms with Gasteiger partial charge in [-0.3, -0.25) is 29.3 Å². The number of alkyl halides is 2. The number of piperazine rings is 1. The van der Waals surface area contributed by atoms with Gasteiger partial charge < -0.3 is 29.7 Å². The van der Waals surface area contributed by atoms with Crippen LogP contribution in [0.15, 0.2) is 47.4 Å². The van der Waals surface area contributed by atoms with Crippen LogP contribution in [0.25, 0.3) is 21.8 Å². The molecule has 3 N–H and O–H groups in total. The number of halogens is 3. The monoisotopic (exact) mass is 869 g/mol. The lowest BCUT2D eigenvalue weighted by Gasteiger charge is -2.37. The molecule has 0 radical (unpaired) electrons. The largest absolute Gasteiger partial charge is 0.480 e. The molecule has 3 aromatic heterocycles. The van der Waals surface area contributed by atoms with E-state index in [0.717, 1.165) is 87.4 Å². The fourth-order valence-corrected chi connectivity index (χ4v) is 9.97. The quantitative estimate of drug-likeness (QED) is 0.154. The number of carbonyl (C=O) groups excluding carboxylic acids is 2. The maximum atomic E-state index is 15.2. The Hall–Kier alpha value is -5.55. The van der Waals surface area contributed by atoms with Crippen molar-refractivity contribution in [3.05, 3.63) is 63.7 Å². The van der Waals surface area contributed by atoms with Crippen LogP contribution in [0, 0.1) is 11.8 Å². The summed E-state index contributed by atoms with van der Waals surface area (Å²) in [5, 5.41) is 15.5. The first-order valence-corrected chi connectivity index (χ1v) is 22.0. The van der Waals surface area contributed by atoms with Gasteiger partial charge in [-0.25, -0.2) is 13.8 Å². The molecular weight excluding hydrogens is 820 g/mol. The Morgan fingerprint density at radius 2 is 1.74 bits per heavy atom. The van der Waals surface area contributed by atoms with Gasteiger partial charge >= 0.3 is 5.92 Å². The summed E-state index contributed by atoms with van der Waals surface area (Å²) in [5.41, 5.74) is 3.91. The topological polar surface area (TPSA) is 155 Å². The van der Waals surface area contributed by atoms with E-state index in [1.54, 1.807) is 25.4 Å². The summed E-state index contributed by atoms with van der Waals surface area (Å²) in [6, 6.07) is 10.5. The molecule has 7 heterocycles. The molecule has 5 aromatic rings. The van der Waals surface area contributed by atoms with E-state index in [1.165, 1.54) is 4.57 Å². The van der Waals surface area contributed by atoms with E-state index >= 15 is 8.78 Å². The highest BCUT2D eigenvalue weighted by molar-refractivity contribution is 6.33. The number of nitrogens with zero attached hydrogens (tertiary/aromatic N) is 8. The molecule has 62 heavy (non-hydrogen) atoms. The lowest BCUT2D eigenvalue weighted by Crippen LogP contribution is -2.47. The van der Waals surface area contributed by atoms with E-state index in [9.17, 15) is 14.4 Å². The second-order valence-corrected chi connectivity index (χ2v) is 17.9. The van der Waals surface area contributed by atoms with Gasteiger partial charge in [0.05, 0.1) is 46.3 Å². The number of nitrogens with one attached hydrogen (secondary N) is 3. The number of ether oxygens (including phenoxy) is 1. The Balaban J connectivity index is 0.753. The third-order valence-corrected chi connectivity index (χ3v) is 13.8. The molecule has 15 nitrogen and oxygen atoms in total. The van der Waals surface area contributed by atoms with Crippen LogP contribution in [-0.2, 0) is 23.7 Å². The third-order valence-electron chi connectivity index (χ3n) is 13.5. The van der Waals surface area contributed by atoms with Crippen molar-refractivity contribution in [3.63, 3.8) is 0 Å². The molecule has 326 valence electrons. The molecule has 2 atom stereocenters. The molecule has 10 rings (SSSR count). The molecular formula is C44H50ClF2N11O4. The van der Waals surface area contributed by atoms with Crippen molar-refractivity contribution in [2.24, 2.45) is 25.9 Å². The normalized spacial score (nSPS) is 22.3. The number of piperidine rings is 2. The average Bonchev–Trinajstić information content (AvgIpc) is 4.07. The highest BCUT2D eigenvalue weighted by atomic mass is 35.5. The van der Waals surface area contributed by atoms with Gasteiger partial charge in [-0.15, -0.1) is 0 Å². The molecule has 5 aliphatic rings. The van der Waals surface area contributed by atoms with Crippen molar-refractivity contribution in [1.82, 2.24) is 34.5 Å². The van der Waals surface area contributed by atoms with Gasteiger partial charge in [-0.1, -0.05) is 23.7 Å². The second kappa shape index (κ2) is 16.0. The number of benzene rings is 2. The molecule has 4 aliphatic heterocycles. The minimum Gasteiger partial charge on any atom is -0.480 e. The summed E-state index contributed by atoms with van der Waals surface area (Å²) in [7, 11) is 3.54. The van der Waals surface area contributed by atoms with Crippen LogP contribution >= 0.6 is 11.6 Å². The van der Waals surface area contributed by atoms with Gasteiger partial charge in [0.1, 0.15) is 5.02 Å². The van der Waals surface area contributed by atoms with Crippen LogP contribution in [0.2, 0.25) is 5.02 Å². The van der Waals surface area contributed by atoms with Gasteiger partial charge in [-0.05, 0) is 81.2 Å². The van der Waals surface area contributed by atoms with Gasteiger partial charge in [0, 0.05) is 76.2 Å². The number of para-hydroxylation sites is 1. The van der Waals surface area contributed by atoms with Crippen molar-refractivity contribution >= 4 is 74.0 Å². The van der Waals surface area contributed by atoms with Gasteiger partial charge in [0.25, 0.3) is 5.56 Å². The Morgan fingerprint density at radius 3 is 2.50 bits per heavy atom. The standard InChI is InChI=1S/C44H50ClF2N11O4/c1-54-32-10-8-27(22-30(32)36-38(42(54)61)62-24-44(46,47)39(51-36)26-6-7-26)49-40-31(45)23-48-43(52-40)58-20-18-56(19-21-58)15-12-25-13-16-57(17-14-25)33-5-3-4-28-35(53-55(2)37(28)33)29-9-11-34(59)50-41(29)60/h3-5,8,10,22-23,25-26,29,39,51H,6-7,9,11-21,24H2,1-2H3,(H,48,49,52)(H,50,59,60)/t29?,39-/m0/s1. The first-order chi connectivity index (χ1) is 29.9. The number of pyridine rings is 1. The number of aryl methyl sites for hydroxylation is 2. The van der Waals surface area contributed by atoms with E-state index in [4.69, 9.17) is 26.4 Å². The summed E-state index contributed by atoms with van der Waals surface area (Å²) < 4.78 is 39.1. The maximum Gasteiger partial charge on any atom is 0.301 e. The smallest absolute Gasteiger partial charge is 0.301 e. The lowest BCUT2D eigenvalue weighted by atomic mass is 9.91. The fraction of sp³-hybridized carbons (Fsp3) is 0.500. The third kappa shape index (κ3) is 7.56. The van der Waals surface area contributed by atoms with Crippen molar-refractivity contribution in [2.45, 2.75) is 62.8 Å². The molecule has 4 fully saturated rings. The number of anilines is 5. The zero-order valence-corrected chi connectivity index (χ0v) is 35.6. The minimum atomic E-state index is -3.13. The highest BCUT2D eigenvalue weighted by Gasteiger charge is 2.51. The number of rotatable bonds is 9. The molecule has 0 bridgehead atoms. The van der Waals surface area contributed by atoms with E-state index in [0.29, 0.717) is 65.0 Å². The van der Waals surface area contributed by atoms with Crippen molar-refractivity contribution < 1.29 is 23.1 Å². The number of hydrogen-bond donors (Lipinski definition) is 3. The van der Waals surface area contributed by atoms with Gasteiger partial charge in [-0.2, -0.15) is 10.1 Å². The number of fused-ring (bicyclic) bond motifs is 4. The average molecular weight is 870 g/mol. The van der Waals surface area contributed by atoms with Crippen LogP contribution in [-0.4, -0.2) is 105 Å². The maximum absolute atomic E-state index is 15.2. The summed E-state index contributed by atoms with van der Waals surface area (Å²) in [4.78, 5) is 54.2. The molecule has 3 saturated heterocycles. The van der Waals surface area contributed by atoms with E-state index in [2.05, 4.69) is 41.7 Å². The molecule has 1 unspecified atom stereocenters. The summed E-state index contributed by atoms with van der Waals surface area (Å²) in [6.07, 6.45) is 7.12. The lowest BCUT2D eigenvalue weighted by molar-refractivity contribution is -0.134. The predicted octanol–water partition coefficient (Wildman–Crippen LogP) is 5.78. The van der Waals surface area contributed by atoms with Crippen molar-refractivity contribution in [1.29, 1.82) is 0 Å². The number of aromatic nitrogens is 5. The molecule has 2 amide bonds. The Morgan fingerprint density at radius 1 is 0.952 bits per heavy atom. The molecule has 1 saturated carbocycles. The summed E-state index contributed by atoms with van der Waals surface area (Å²) in [5.74, 6) is -2.73. The SMILES string of the molecule is Cn1nc(C2CCC(=O)NC2=O)c2cccc(N3CCC(CCN4CCN(c5ncc(Cl)c(Nc6ccc7c(c6)c6c(c(=O)n7C)OCC(F)(F)[C@H](C7CC7)N6)n5)CC4)CC3)c21. The van der Waals surface area contributed by atoms with Crippen molar-refractivity contribution in [2.75, 3.05) is 72.9 Å². The second-order valence-electron chi connectivity index (χ2n) is 17.5. The Kier molecular flexibility index (Phi) is 10.4. The van der Waals surface area contributed by atoms with E-state index < -0.39 is 30.0 Å². The number of carbonyl (C=O) groups is 2. The zero-order valence-electron chi connectivity index (χ0n) is 34.8. The highest BCUT2D eigenvalue weighted by Crippen LogP contribution is 2.46. The van der Waals surface area contributed by atoms with Crippen LogP contribution in [0.1, 0.15) is 56.6 Å². The van der Waals surface area contributed by atoms with Crippen LogP contribution in [0.5, 0.6) is 5.75 Å². The molecule has 1 aliphatic carbocycles. The Labute approximate surface area is 361 Å². The van der Waals surface area contributed by atoms with E-state index in [1.807, 2.05) is 29.9 Å². The molecule has 0 spiro atoms. The summed E-state index contributed by atoms with van der Waals surface area (Å²) in [6.45, 7) is 5.38. The van der Waals surface area contributed by atoms with Crippen LogP contribution in [0.4, 0.5) is 37.6 Å². The molecule has 18 heteroatoms. The van der Waals surface area contributed by atoms with E-state index in [-0.39, 0.29) is 29.2 Å². The Bertz CT molecular complexity index is 2640. The van der Waals surface area contributed by atoms with Gasteiger partial charge in [0.2, 0.25) is 23.5 Å². The fourth-order valence-electron chi connectivity index (χ4n) is 9.83. The van der Waals surface area contributed by atoms with Gasteiger partial charge in [0.15, 0.2) is 12.4 Å². The van der Waals surface area contributed by atoms with Crippen molar-refractivity contribution in [3.8, 4) is 5.75 Å². The minimum absolute atomic E-state index is 0.105. The summed E-state index contributed by atoms with van der Waals surface area (Å²) >= 11 is 6.63. The molecule has 2 aromatic carbocycles. The van der Waals surface area contributed by atoms with Crippen LogP contribution < -0.4 is 36.0 Å². The number of imide groups is 1. The first-order valence-electron chi connectivity index (χ1n) is 21.7. The number of hydrogen-bond acceptors (Lipinski definition) is 12.